The highest BCUT2D eigenvalue weighted by Gasteiger charge is 2.60. The topological polar surface area (TPSA) is 43.7 Å². The summed E-state index contributed by atoms with van der Waals surface area (Å²) in [6.45, 7) is 6.24. The summed E-state index contributed by atoms with van der Waals surface area (Å²) < 4.78 is 0. The van der Waals surface area contributed by atoms with Crippen LogP contribution >= 0.6 is 0 Å². The van der Waals surface area contributed by atoms with Gasteiger partial charge in [-0.2, -0.15) is 0 Å². The molecule has 4 fully saturated rings. The smallest absolute Gasteiger partial charge is 0.0558 e. The van der Waals surface area contributed by atoms with E-state index < -0.39 is 0 Å². The Bertz CT molecular complexity index is 496. The Balaban J connectivity index is 1.56. The van der Waals surface area contributed by atoms with Crippen LogP contribution in [0.25, 0.3) is 0 Å². The average molecular weight is 350 g/mol. The molecule has 0 amide bonds. The van der Waals surface area contributed by atoms with Crippen molar-refractivity contribution in [2.75, 3.05) is 20.2 Å². The fourth-order valence-electron chi connectivity index (χ4n) is 8.25. The minimum Gasteiger partial charge on any atom is -0.395 e. The molecule has 0 saturated heterocycles. The van der Waals surface area contributed by atoms with Gasteiger partial charge in [0.2, 0.25) is 0 Å². The number of nitrogens with zero attached hydrogens (tertiary/aromatic N) is 1. The lowest BCUT2D eigenvalue weighted by Crippen LogP contribution is -2.56. The lowest BCUT2D eigenvalue weighted by atomic mass is 9.45. The van der Waals surface area contributed by atoms with Crippen molar-refractivity contribution in [3.8, 4) is 0 Å². The number of aliphatic hydroxyl groups is 2. The molecule has 0 aromatic carbocycles. The summed E-state index contributed by atoms with van der Waals surface area (Å²) in [6.07, 6.45) is 11.5. The van der Waals surface area contributed by atoms with Crippen molar-refractivity contribution in [2.24, 2.45) is 34.5 Å². The molecule has 2 N–H and O–H groups in total. The van der Waals surface area contributed by atoms with Crippen molar-refractivity contribution in [3.63, 3.8) is 0 Å². The Hall–Kier alpha value is -0.120. The first kappa shape index (κ1) is 18.3. The van der Waals surface area contributed by atoms with Crippen LogP contribution in [-0.4, -0.2) is 47.5 Å². The molecule has 0 unspecified atom stereocenters. The largest absolute Gasteiger partial charge is 0.395 e. The molecular formula is C22H39NO2. The second-order valence-corrected chi connectivity index (χ2v) is 10.4. The molecule has 4 saturated carbocycles. The highest BCUT2D eigenvalue weighted by molar-refractivity contribution is 5.11. The SMILES string of the molecule is CN(CCO)[C@@H]1CC[C@@H]2[C@@H]3CC[C@H]4C[C@@H](O)CC[C@]4(C)[C@@H]3CC[C@@]21C. The fraction of sp³-hybridized carbons (Fsp3) is 1.00. The number of hydrogen-bond acceptors (Lipinski definition) is 3. The fourth-order valence-corrected chi connectivity index (χ4v) is 8.25. The Labute approximate surface area is 154 Å². The maximum Gasteiger partial charge on any atom is 0.0558 e. The summed E-state index contributed by atoms with van der Waals surface area (Å²) in [7, 11) is 2.22. The van der Waals surface area contributed by atoms with E-state index in [0.717, 1.165) is 43.1 Å². The van der Waals surface area contributed by atoms with Gasteiger partial charge in [0.1, 0.15) is 0 Å². The molecule has 0 bridgehead atoms. The normalized spacial score (nSPS) is 52.6. The Morgan fingerprint density at radius 1 is 0.920 bits per heavy atom. The van der Waals surface area contributed by atoms with Crippen LogP contribution in [-0.2, 0) is 0 Å². The molecule has 0 spiro atoms. The minimum absolute atomic E-state index is 0.0357. The second-order valence-electron chi connectivity index (χ2n) is 10.4. The van der Waals surface area contributed by atoms with Crippen molar-refractivity contribution in [1.29, 1.82) is 0 Å². The molecule has 4 rings (SSSR count). The first-order valence-electron chi connectivity index (χ1n) is 10.9. The van der Waals surface area contributed by atoms with Gasteiger partial charge in [-0.3, -0.25) is 0 Å². The molecular weight excluding hydrogens is 310 g/mol. The third kappa shape index (κ3) is 2.72. The summed E-state index contributed by atoms with van der Waals surface area (Å²) >= 11 is 0. The Morgan fingerprint density at radius 3 is 2.40 bits per heavy atom. The van der Waals surface area contributed by atoms with Crippen LogP contribution in [0.15, 0.2) is 0 Å². The monoisotopic (exact) mass is 349 g/mol. The van der Waals surface area contributed by atoms with Crippen LogP contribution in [0.2, 0.25) is 0 Å². The van der Waals surface area contributed by atoms with E-state index in [1.54, 1.807) is 0 Å². The molecule has 144 valence electrons. The molecule has 25 heavy (non-hydrogen) atoms. The molecule has 8 atom stereocenters. The van der Waals surface area contributed by atoms with E-state index >= 15 is 0 Å². The van der Waals surface area contributed by atoms with Gasteiger partial charge in [-0.15, -0.1) is 0 Å². The predicted octanol–water partition coefficient (Wildman–Crippen LogP) is 3.68. The van der Waals surface area contributed by atoms with E-state index in [2.05, 4.69) is 25.8 Å². The molecule has 0 aromatic heterocycles. The number of rotatable bonds is 3. The van der Waals surface area contributed by atoms with E-state index in [9.17, 15) is 10.2 Å². The zero-order valence-corrected chi connectivity index (χ0v) is 16.6. The maximum absolute atomic E-state index is 10.2. The van der Waals surface area contributed by atoms with Gasteiger partial charge in [-0.25, -0.2) is 0 Å². The van der Waals surface area contributed by atoms with Crippen molar-refractivity contribution in [1.82, 2.24) is 4.90 Å². The van der Waals surface area contributed by atoms with Crippen LogP contribution in [0.5, 0.6) is 0 Å². The van der Waals surface area contributed by atoms with E-state index in [1.807, 2.05) is 0 Å². The molecule has 4 aliphatic rings. The number of hydrogen-bond donors (Lipinski definition) is 2. The van der Waals surface area contributed by atoms with Gasteiger partial charge >= 0.3 is 0 Å². The Morgan fingerprint density at radius 2 is 1.64 bits per heavy atom. The predicted molar refractivity (Wildman–Crippen MR) is 101 cm³/mol. The zero-order chi connectivity index (χ0) is 17.8. The van der Waals surface area contributed by atoms with Gasteiger partial charge in [0, 0.05) is 12.6 Å². The van der Waals surface area contributed by atoms with Crippen molar-refractivity contribution in [3.05, 3.63) is 0 Å². The molecule has 0 heterocycles. The number of aliphatic hydroxyl groups excluding tert-OH is 2. The first-order chi connectivity index (χ1) is 11.9. The van der Waals surface area contributed by atoms with E-state index in [0.29, 0.717) is 16.9 Å². The zero-order valence-electron chi connectivity index (χ0n) is 16.6. The van der Waals surface area contributed by atoms with Crippen LogP contribution in [0.3, 0.4) is 0 Å². The summed E-state index contributed by atoms with van der Waals surface area (Å²) in [5.41, 5.74) is 0.932. The van der Waals surface area contributed by atoms with Gasteiger partial charge in [0.15, 0.2) is 0 Å². The van der Waals surface area contributed by atoms with Crippen molar-refractivity contribution in [2.45, 2.75) is 83.8 Å². The number of fused-ring (bicyclic) bond motifs is 5. The third-order valence-electron chi connectivity index (χ3n) is 9.57. The van der Waals surface area contributed by atoms with Crippen LogP contribution in [0.1, 0.15) is 71.6 Å². The quantitative estimate of drug-likeness (QED) is 0.817. The highest BCUT2D eigenvalue weighted by Crippen LogP contribution is 2.66. The molecule has 4 aliphatic carbocycles. The van der Waals surface area contributed by atoms with E-state index in [-0.39, 0.29) is 12.7 Å². The lowest BCUT2D eigenvalue weighted by Gasteiger charge is -2.61. The van der Waals surface area contributed by atoms with Gasteiger partial charge in [-0.05, 0) is 99.3 Å². The van der Waals surface area contributed by atoms with Crippen LogP contribution in [0, 0.1) is 34.5 Å². The summed E-state index contributed by atoms with van der Waals surface area (Å²) in [5.74, 6) is 3.43. The molecule has 3 heteroatoms. The maximum atomic E-state index is 10.2. The third-order valence-corrected chi connectivity index (χ3v) is 9.57. The van der Waals surface area contributed by atoms with E-state index in [1.165, 1.54) is 44.9 Å². The van der Waals surface area contributed by atoms with Gasteiger partial charge < -0.3 is 15.1 Å². The highest BCUT2D eigenvalue weighted by atomic mass is 16.3. The molecule has 0 aromatic rings. The van der Waals surface area contributed by atoms with Crippen molar-refractivity contribution < 1.29 is 10.2 Å². The number of likely N-dealkylation sites (N-methyl/N-ethyl adjacent to an activating group) is 1. The van der Waals surface area contributed by atoms with Crippen LogP contribution < -0.4 is 0 Å². The van der Waals surface area contributed by atoms with Gasteiger partial charge in [0.05, 0.1) is 12.7 Å². The summed E-state index contributed by atoms with van der Waals surface area (Å²) in [6, 6.07) is 0.657. The second kappa shape index (κ2) is 6.49. The average Bonchev–Trinajstić information content (AvgIpc) is 2.93. The van der Waals surface area contributed by atoms with Gasteiger partial charge in [-0.1, -0.05) is 13.8 Å². The molecule has 3 nitrogen and oxygen atoms in total. The summed E-state index contributed by atoms with van der Waals surface area (Å²) in [4.78, 5) is 2.45. The van der Waals surface area contributed by atoms with Crippen LogP contribution in [0.4, 0.5) is 0 Å². The van der Waals surface area contributed by atoms with E-state index in [4.69, 9.17) is 0 Å². The van der Waals surface area contributed by atoms with Gasteiger partial charge in [0.25, 0.3) is 0 Å². The summed E-state index contributed by atoms with van der Waals surface area (Å²) in [5, 5.41) is 19.6. The first-order valence-corrected chi connectivity index (χ1v) is 10.9. The molecule has 0 aliphatic heterocycles. The lowest BCUT2D eigenvalue weighted by molar-refractivity contribution is -0.128. The van der Waals surface area contributed by atoms with Crippen molar-refractivity contribution >= 4 is 0 Å². The standard InChI is InChI=1S/C22H39NO2/c1-21-10-8-16(25)14-15(21)4-5-17-18-6-7-20(23(3)12-13-24)22(18,2)11-9-19(17)21/h15-20,24-25H,4-14H2,1-3H3/t15-,16-,17-,18+,19+,20+,21-,22-/m0/s1. The minimum atomic E-state index is -0.0357. The molecule has 0 radical (unpaired) electrons. The Kier molecular flexibility index (Phi) is 4.74.